The molecule has 5 rings (SSSR count). The molecule has 5 nitrogen and oxygen atoms in total. The largest absolute Gasteiger partial charge is 0.388 e. The zero-order valence-corrected chi connectivity index (χ0v) is 18.0. The molecule has 1 aromatic heterocycles. The lowest BCUT2D eigenvalue weighted by atomic mass is 9.87. The summed E-state index contributed by atoms with van der Waals surface area (Å²) in [6, 6.07) is 18.1. The van der Waals surface area contributed by atoms with E-state index < -0.39 is 6.10 Å². The van der Waals surface area contributed by atoms with Crippen molar-refractivity contribution in [2.75, 3.05) is 13.1 Å². The minimum Gasteiger partial charge on any atom is -0.388 e. The number of benzene rings is 2. The number of carbonyl (C=O) groups excluding carboxylic acids is 1. The van der Waals surface area contributed by atoms with Crippen LogP contribution < -0.4 is 0 Å². The van der Waals surface area contributed by atoms with Crippen molar-refractivity contribution in [1.82, 2.24) is 14.7 Å². The molecule has 3 aromatic rings. The molecule has 1 saturated heterocycles. The summed E-state index contributed by atoms with van der Waals surface area (Å²) >= 11 is 0. The van der Waals surface area contributed by atoms with E-state index in [4.69, 9.17) is 5.10 Å². The smallest absolute Gasteiger partial charge is 0.274 e. The Bertz CT molecular complexity index is 1080. The van der Waals surface area contributed by atoms with Gasteiger partial charge in [0.05, 0.1) is 11.8 Å². The second-order valence-corrected chi connectivity index (χ2v) is 8.81. The summed E-state index contributed by atoms with van der Waals surface area (Å²) in [5.41, 5.74) is 6.12. The molecule has 0 radical (unpaired) electrons. The zero-order chi connectivity index (χ0) is 21.4. The molecule has 0 spiro atoms. The Labute approximate surface area is 183 Å². The zero-order valence-electron chi connectivity index (χ0n) is 18.0. The fraction of sp³-hybridized carbons (Fsp3) is 0.385. The minimum absolute atomic E-state index is 0.0399. The first kappa shape index (κ1) is 20.0. The van der Waals surface area contributed by atoms with Gasteiger partial charge in [0.2, 0.25) is 0 Å². The Morgan fingerprint density at radius 1 is 1.03 bits per heavy atom. The third kappa shape index (κ3) is 3.68. The highest BCUT2D eigenvalue weighted by Gasteiger charge is 2.33. The van der Waals surface area contributed by atoms with Crippen molar-refractivity contribution < 1.29 is 9.90 Å². The number of rotatable bonds is 4. The van der Waals surface area contributed by atoms with Gasteiger partial charge < -0.3 is 10.0 Å². The Morgan fingerprint density at radius 2 is 1.74 bits per heavy atom. The van der Waals surface area contributed by atoms with Crippen molar-refractivity contribution in [3.8, 4) is 5.69 Å². The summed E-state index contributed by atoms with van der Waals surface area (Å²) < 4.78 is 2.00. The topological polar surface area (TPSA) is 58.4 Å². The molecule has 0 saturated carbocycles. The first-order chi connectivity index (χ1) is 15.1. The molecule has 1 amide bonds. The lowest BCUT2D eigenvalue weighted by Crippen LogP contribution is -2.40. The van der Waals surface area contributed by atoms with Crippen LogP contribution in [-0.2, 0) is 12.8 Å². The normalized spacial score (nSPS) is 17.5. The van der Waals surface area contributed by atoms with Gasteiger partial charge in [0.25, 0.3) is 5.91 Å². The standard InChI is InChI=1S/C26H29N3O2/c1-18-8-5-6-12-22(18)29-23-13-7-11-21(23)24(27-29)26(31)28-16-14-20(15-17-28)25(30)19-9-3-2-4-10-19/h2-6,8-10,12,20,25,30H,7,11,13-17H2,1H3. The van der Waals surface area contributed by atoms with Gasteiger partial charge in [-0.15, -0.1) is 0 Å². The van der Waals surface area contributed by atoms with Gasteiger partial charge >= 0.3 is 0 Å². The summed E-state index contributed by atoms with van der Waals surface area (Å²) in [7, 11) is 0. The number of piperidine rings is 1. The number of aryl methyl sites for hydroxylation is 1. The molecule has 1 aliphatic heterocycles. The molecule has 2 aromatic carbocycles. The number of hydrogen-bond donors (Lipinski definition) is 1. The molecule has 160 valence electrons. The number of para-hydroxylation sites is 1. The third-order valence-electron chi connectivity index (χ3n) is 6.89. The van der Waals surface area contributed by atoms with Gasteiger partial charge in [-0.2, -0.15) is 5.10 Å². The Balaban J connectivity index is 1.34. The van der Waals surface area contributed by atoms with Crippen molar-refractivity contribution >= 4 is 5.91 Å². The minimum atomic E-state index is -0.469. The molecular weight excluding hydrogens is 386 g/mol. The third-order valence-corrected chi connectivity index (χ3v) is 6.89. The molecule has 1 fully saturated rings. The number of aromatic nitrogens is 2. The maximum atomic E-state index is 13.4. The van der Waals surface area contributed by atoms with Gasteiger partial charge in [-0.1, -0.05) is 48.5 Å². The van der Waals surface area contributed by atoms with Crippen LogP contribution in [0, 0.1) is 12.8 Å². The van der Waals surface area contributed by atoms with Crippen LogP contribution in [0.4, 0.5) is 0 Å². The SMILES string of the molecule is Cc1ccccc1-n1nc(C(=O)N2CCC(C(O)c3ccccc3)CC2)c2c1CCC2. The Hall–Kier alpha value is -2.92. The molecule has 31 heavy (non-hydrogen) atoms. The average Bonchev–Trinajstić information content (AvgIpc) is 3.42. The molecule has 2 aliphatic rings. The van der Waals surface area contributed by atoms with E-state index in [2.05, 4.69) is 19.1 Å². The second kappa shape index (κ2) is 8.31. The molecule has 2 heterocycles. The molecule has 0 bridgehead atoms. The number of fused-ring (bicyclic) bond motifs is 1. The van der Waals surface area contributed by atoms with E-state index in [9.17, 15) is 9.90 Å². The summed E-state index contributed by atoms with van der Waals surface area (Å²) in [5.74, 6) is 0.222. The number of aliphatic hydroxyl groups is 1. The van der Waals surface area contributed by atoms with Gasteiger partial charge in [-0.25, -0.2) is 4.68 Å². The van der Waals surface area contributed by atoms with Crippen LogP contribution in [-0.4, -0.2) is 38.8 Å². The highest BCUT2D eigenvalue weighted by molar-refractivity contribution is 5.94. The van der Waals surface area contributed by atoms with Gasteiger partial charge in [0.15, 0.2) is 5.69 Å². The van der Waals surface area contributed by atoms with Crippen LogP contribution in [0.1, 0.15) is 58.2 Å². The van der Waals surface area contributed by atoms with E-state index in [0.29, 0.717) is 18.8 Å². The number of aliphatic hydroxyl groups excluding tert-OH is 1. The maximum Gasteiger partial charge on any atom is 0.274 e. The van der Waals surface area contributed by atoms with Crippen molar-refractivity contribution in [2.24, 2.45) is 5.92 Å². The molecule has 1 aliphatic carbocycles. The number of amides is 1. The predicted molar refractivity (Wildman–Crippen MR) is 120 cm³/mol. The molecular formula is C26H29N3O2. The second-order valence-electron chi connectivity index (χ2n) is 8.81. The summed E-state index contributed by atoms with van der Waals surface area (Å²) in [5, 5.41) is 15.6. The van der Waals surface area contributed by atoms with Gasteiger partial charge in [-0.3, -0.25) is 4.79 Å². The predicted octanol–water partition coefficient (Wildman–Crippen LogP) is 4.26. The first-order valence-electron chi connectivity index (χ1n) is 11.3. The van der Waals surface area contributed by atoms with E-state index in [1.807, 2.05) is 52.0 Å². The fourth-order valence-corrected chi connectivity index (χ4v) is 5.10. The molecule has 1 unspecified atom stereocenters. The summed E-state index contributed by atoms with van der Waals surface area (Å²) in [6.45, 7) is 3.42. The summed E-state index contributed by atoms with van der Waals surface area (Å²) in [4.78, 5) is 15.4. The Morgan fingerprint density at radius 3 is 2.48 bits per heavy atom. The van der Waals surface area contributed by atoms with E-state index in [1.54, 1.807) is 0 Å². The lowest BCUT2D eigenvalue weighted by molar-refractivity contribution is 0.0457. The highest BCUT2D eigenvalue weighted by atomic mass is 16.3. The van der Waals surface area contributed by atoms with Gasteiger partial charge in [0, 0.05) is 24.3 Å². The first-order valence-corrected chi connectivity index (χ1v) is 11.3. The van der Waals surface area contributed by atoms with Crippen LogP contribution in [0.2, 0.25) is 0 Å². The van der Waals surface area contributed by atoms with Gasteiger partial charge in [-0.05, 0) is 62.1 Å². The highest BCUT2D eigenvalue weighted by Crippen LogP contribution is 2.33. The van der Waals surface area contributed by atoms with E-state index >= 15 is 0 Å². The summed E-state index contributed by atoms with van der Waals surface area (Å²) in [6.07, 6.45) is 4.11. The number of carbonyl (C=O) groups is 1. The van der Waals surface area contributed by atoms with Crippen LogP contribution in [0.5, 0.6) is 0 Å². The number of nitrogens with zero attached hydrogens (tertiary/aromatic N) is 3. The monoisotopic (exact) mass is 415 g/mol. The quantitative estimate of drug-likeness (QED) is 0.693. The average molecular weight is 416 g/mol. The van der Waals surface area contributed by atoms with E-state index in [-0.39, 0.29) is 11.8 Å². The van der Waals surface area contributed by atoms with Gasteiger partial charge in [0.1, 0.15) is 0 Å². The maximum absolute atomic E-state index is 13.4. The van der Waals surface area contributed by atoms with Crippen LogP contribution in [0.25, 0.3) is 5.69 Å². The lowest BCUT2D eigenvalue weighted by Gasteiger charge is -2.34. The van der Waals surface area contributed by atoms with Crippen LogP contribution in [0.15, 0.2) is 54.6 Å². The van der Waals surface area contributed by atoms with Crippen molar-refractivity contribution in [3.63, 3.8) is 0 Å². The molecule has 1 atom stereocenters. The Kier molecular flexibility index (Phi) is 5.36. The van der Waals surface area contributed by atoms with Crippen LogP contribution in [0.3, 0.4) is 0 Å². The number of hydrogen-bond acceptors (Lipinski definition) is 3. The molecule has 1 N–H and O–H groups in total. The molecule has 5 heteroatoms. The van der Waals surface area contributed by atoms with E-state index in [1.165, 1.54) is 5.69 Å². The van der Waals surface area contributed by atoms with Crippen molar-refractivity contribution in [3.05, 3.63) is 82.7 Å². The fourth-order valence-electron chi connectivity index (χ4n) is 5.10. The number of likely N-dealkylation sites (tertiary alicyclic amines) is 1. The van der Waals surface area contributed by atoms with Crippen LogP contribution >= 0.6 is 0 Å². The van der Waals surface area contributed by atoms with Crippen molar-refractivity contribution in [2.45, 2.75) is 45.1 Å². The van der Waals surface area contributed by atoms with Crippen molar-refractivity contribution in [1.29, 1.82) is 0 Å². The van der Waals surface area contributed by atoms with E-state index in [0.717, 1.165) is 54.5 Å².